The van der Waals surface area contributed by atoms with Gasteiger partial charge in [0.1, 0.15) is 5.69 Å². The van der Waals surface area contributed by atoms with Crippen molar-refractivity contribution in [2.75, 3.05) is 18.0 Å². The van der Waals surface area contributed by atoms with Gasteiger partial charge in [0.15, 0.2) is 0 Å². The molecule has 6 heteroatoms. The zero-order valence-electron chi connectivity index (χ0n) is 11.3. The summed E-state index contributed by atoms with van der Waals surface area (Å²) in [6, 6.07) is 2.76. The molecule has 1 aromatic heterocycles. The molecule has 0 spiro atoms. The Balaban J connectivity index is 2.21. The van der Waals surface area contributed by atoms with Crippen LogP contribution in [0.15, 0.2) is 18.3 Å². The highest BCUT2D eigenvalue weighted by atomic mass is 19.4. The van der Waals surface area contributed by atoms with E-state index in [1.807, 2.05) is 6.92 Å². The minimum atomic E-state index is -4.38. The molecule has 1 aliphatic rings. The van der Waals surface area contributed by atoms with Gasteiger partial charge >= 0.3 is 6.18 Å². The van der Waals surface area contributed by atoms with Gasteiger partial charge in [-0.25, -0.2) is 4.98 Å². The first kappa shape index (κ1) is 14.1. The number of rotatable bonds is 1. The zero-order chi connectivity index (χ0) is 14.3. The molecule has 0 radical (unpaired) electrons. The van der Waals surface area contributed by atoms with E-state index >= 15 is 0 Å². The van der Waals surface area contributed by atoms with Crippen LogP contribution in [0.5, 0.6) is 0 Å². The number of halogens is 3. The lowest BCUT2D eigenvalue weighted by molar-refractivity contribution is -0.141. The molecule has 1 aromatic rings. The lowest BCUT2D eigenvalue weighted by Crippen LogP contribution is -2.61. The van der Waals surface area contributed by atoms with E-state index in [0.717, 1.165) is 24.8 Å². The number of piperazine rings is 1. The van der Waals surface area contributed by atoms with E-state index in [9.17, 15) is 13.2 Å². The quantitative estimate of drug-likeness (QED) is 0.852. The second-order valence-corrected chi connectivity index (χ2v) is 5.64. The molecule has 1 aliphatic heterocycles. The van der Waals surface area contributed by atoms with Gasteiger partial charge in [0.05, 0.1) is 11.9 Å². The molecule has 1 N–H and O–H groups in total. The average molecular weight is 273 g/mol. The van der Waals surface area contributed by atoms with Crippen LogP contribution in [0.4, 0.5) is 18.9 Å². The van der Waals surface area contributed by atoms with Gasteiger partial charge in [-0.1, -0.05) is 0 Å². The van der Waals surface area contributed by atoms with Crippen LogP contribution in [-0.2, 0) is 6.18 Å². The third kappa shape index (κ3) is 3.18. The summed E-state index contributed by atoms with van der Waals surface area (Å²) in [7, 11) is 0. The molecule has 1 fully saturated rings. The maximum absolute atomic E-state index is 12.5. The Morgan fingerprint density at radius 3 is 2.58 bits per heavy atom. The first-order valence-electron chi connectivity index (χ1n) is 6.24. The molecular weight excluding hydrogens is 255 g/mol. The first-order chi connectivity index (χ1) is 8.69. The van der Waals surface area contributed by atoms with Gasteiger partial charge in [0.2, 0.25) is 0 Å². The van der Waals surface area contributed by atoms with E-state index in [-0.39, 0.29) is 11.6 Å². The summed E-state index contributed by atoms with van der Waals surface area (Å²) in [5.74, 6) is 0. The lowest BCUT2D eigenvalue weighted by Gasteiger charge is -2.44. The van der Waals surface area contributed by atoms with E-state index in [1.54, 1.807) is 0 Å². The third-order valence-electron chi connectivity index (χ3n) is 3.34. The highest BCUT2D eigenvalue weighted by Crippen LogP contribution is 2.29. The van der Waals surface area contributed by atoms with Crippen LogP contribution in [0.2, 0.25) is 0 Å². The lowest BCUT2D eigenvalue weighted by atomic mass is 9.99. The molecule has 3 nitrogen and oxygen atoms in total. The van der Waals surface area contributed by atoms with Crippen LogP contribution in [-0.4, -0.2) is 29.7 Å². The van der Waals surface area contributed by atoms with Crippen LogP contribution in [0.3, 0.4) is 0 Å². The van der Waals surface area contributed by atoms with Gasteiger partial charge in [-0.2, -0.15) is 13.2 Å². The van der Waals surface area contributed by atoms with Crippen molar-refractivity contribution in [2.24, 2.45) is 0 Å². The molecule has 0 bridgehead atoms. The molecule has 106 valence electrons. The topological polar surface area (TPSA) is 28.2 Å². The molecule has 2 rings (SSSR count). The Kier molecular flexibility index (Phi) is 3.47. The van der Waals surface area contributed by atoms with Gasteiger partial charge < -0.3 is 10.2 Å². The average Bonchev–Trinajstić information content (AvgIpc) is 2.31. The number of aromatic nitrogens is 1. The van der Waals surface area contributed by atoms with Crippen molar-refractivity contribution in [2.45, 2.75) is 38.5 Å². The Morgan fingerprint density at radius 2 is 2.05 bits per heavy atom. The van der Waals surface area contributed by atoms with E-state index in [2.05, 4.69) is 29.0 Å². The highest BCUT2D eigenvalue weighted by molar-refractivity contribution is 5.47. The van der Waals surface area contributed by atoms with Gasteiger partial charge in [0.25, 0.3) is 0 Å². The van der Waals surface area contributed by atoms with Gasteiger partial charge in [-0.15, -0.1) is 0 Å². The Hall–Kier alpha value is -1.30. The molecule has 1 saturated heterocycles. The fourth-order valence-corrected chi connectivity index (χ4v) is 2.24. The predicted molar refractivity (Wildman–Crippen MR) is 68.1 cm³/mol. The normalized spacial score (nSPS) is 23.5. The molecule has 0 aromatic carbocycles. The molecule has 2 heterocycles. The van der Waals surface area contributed by atoms with Gasteiger partial charge in [-0.05, 0) is 32.9 Å². The van der Waals surface area contributed by atoms with Crippen molar-refractivity contribution < 1.29 is 13.2 Å². The molecule has 1 unspecified atom stereocenters. The van der Waals surface area contributed by atoms with E-state index < -0.39 is 11.9 Å². The second-order valence-electron chi connectivity index (χ2n) is 5.64. The number of nitrogens with zero attached hydrogens (tertiary/aromatic N) is 2. The number of alkyl halides is 3. The Labute approximate surface area is 110 Å². The fourth-order valence-electron chi connectivity index (χ4n) is 2.24. The summed E-state index contributed by atoms with van der Waals surface area (Å²) in [4.78, 5) is 5.61. The Bertz CT molecular complexity index is 439. The standard InChI is InChI=1S/C13H18F3N3/c1-9-6-18-12(2,3)8-19(9)10-4-5-11(17-7-10)13(14,15)16/h4-5,7,9,18H,6,8H2,1-3H3. The van der Waals surface area contributed by atoms with Crippen molar-refractivity contribution in [1.82, 2.24) is 10.3 Å². The number of anilines is 1. The van der Waals surface area contributed by atoms with Crippen LogP contribution < -0.4 is 10.2 Å². The van der Waals surface area contributed by atoms with E-state index in [1.165, 1.54) is 12.3 Å². The predicted octanol–water partition coefficient (Wildman–Crippen LogP) is 2.68. The first-order valence-corrected chi connectivity index (χ1v) is 6.24. The van der Waals surface area contributed by atoms with Gasteiger partial charge in [0, 0.05) is 24.7 Å². The minimum Gasteiger partial charge on any atom is -0.364 e. The van der Waals surface area contributed by atoms with E-state index in [0.29, 0.717) is 0 Å². The molecule has 0 saturated carbocycles. The van der Waals surface area contributed by atoms with Crippen LogP contribution in [0.1, 0.15) is 26.5 Å². The summed E-state index contributed by atoms with van der Waals surface area (Å²) in [6.45, 7) is 7.72. The maximum atomic E-state index is 12.5. The molecule has 19 heavy (non-hydrogen) atoms. The summed E-state index contributed by atoms with van der Waals surface area (Å²) in [6.07, 6.45) is -3.08. The molecule has 1 atom stereocenters. The summed E-state index contributed by atoms with van der Waals surface area (Å²) in [5.41, 5.74) is -0.178. The number of pyridine rings is 1. The summed E-state index contributed by atoms with van der Waals surface area (Å²) >= 11 is 0. The van der Waals surface area contributed by atoms with Crippen LogP contribution in [0.25, 0.3) is 0 Å². The number of hydrogen-bond acceptors (Lipinski definition) is 3. The number of hydrogen-bond donors (Lipinski definition) is 1. The van der Waals surface area contributed by atoms with E-state index in [4.69, 9.17) is 0 Å². The minimum absolute atomic E-state index is 0.0603. The zero-order valence-corrected chi connectivity index (χ0v) is 11.3. The van der Waals surface area contributed by atoms with Gasteiger partial charge in [-0.3, -0.25) is 0 Å². The molecular formula is C13H18F3N3. The summed E-state index contributed by atoms with van der Waals surface area (Å²) < 4.78 is 37.4. The largest absolute Gasteiger partial charge is 0.433 e. The monoisotopic (exact) mass is 273 g/mol. The number of nitrogens with one attached hydrogen (secondary N) is 1. The van der Waals surface area contributed by atoms with Crippen molar-refractivity contribution in [3.05, 3.63) is 24.0 Å². The van der Waals surface area contributed by atoms with Crippen LogP contribution in [0, 0.1) is 0 Å². The van der Waals surface area contributed by atoms with Crippen molar-refractivity contribution >= 4 is 5.69 Å². The van der Waals surface area contributed by atoms with Crippen LogP contribution >= 0.6 is 0 Å². The Morgan fingerprint density at radius 1 is 1.37 bits per heavy atom. The van der Waals surface area contributed by atoms with Crippen molar-refractivity contribution in [3.63, 3.8) is 0 Å². The SMILES string of the molecule is CC1CNC(C)(C)CN1c1ccc(C(F)(F)F)nc1. The molecule has 0 amide bonds. The second kappa shape index (κ2) is 4.67. The molecule has 0 aliphatic carbocycles. The smallest absolute Gasteiger partial charge is 0.364 e. The highest BCUT2D eigenvalue weighted by Gasteiger charge is 2.34. The maximum Gasteiger partial charge on any atom is 0.433 e. The fraction of sp³-hybridized carbons (Fsp3) is 0.615. The van der Waals surface area contributed by atoms with Crippen molar-refractivity contribution in [3.8, 4) is 0 Å². The summed E-state index contributed by atoms with van der Waals surface area (Å²) in [5, 5.41) is 3.40. The van der Waals surface area contributed by atoms with Crippen molar-refractivity contribution in [1.29, 1.82) is 0 Å². The third-order valence-corrected chi connectivity index (χ3v) is 3.34.